The highest BCUT2D eigenvalue weighted by Gasteiger charge is 2.15. The number of furan rings is 1. The molecule has 0 aliphatic rings. The van der Waals surface area contributed by atoms with Gasteiger partial charge in [-0.3, -0.25) is 9.67 Å². The number of nitrogens with one attached hydrogen (secondary N) is 2. The van der Waals surface area contributed by atoms with Gasteiger partial charge in [-0.1, -0.05) is 0 Å². The molecule has 0 radical (unpaired) electrons. The first-order chi connectivity index (χ1) is 11.9. The molecule has 0 aliphatic heterocycles. The van der Waals surface area contributed by atoms with Gasteiger partial charge in [-0.2, -0.15) is 5.10 Å². The summed E-state index contributed by atoms with van der Waals surface area (Å²) in [6.45, 7) is 6.78. The molecule has 0 spiro atoms. The number of rotatable bonds is 5. The van der Waals surface area contributed by atoms with E-state index in [1.165, 1.54) is 7.11 Å². The molecular formula is C17H25N5O3. The molecule has 0 unspecified atom stereocenters. The maximum Gasteiger partial charge on any atom is 0.341 e. The number of carbonyl (C=O) groups is 1. The smallest absolute Gasteiger partial charge is 0.341 e. The van der Waals surface area contributed by atoms with E-state index in [1.807, 2.05) is 25.6 Å². The molecule has 8 heteroatoms. The van der Waals surface area contributed by atoms with Crippen LogP contribution in [0.25, 0.3) is 0 Å². The van der Waals surface area contributed by atoms with Crippen LogP contribution in [0, 0.1) is 20.8 Å². The van der Waals surface area contributed by atoms with Crippen LogP contribution in [0.5, 0.6) is 0 Å². The number of nitrogens with zero attached hydrogens (tertiary/aromatic N) is 3. The van der Waals surface area contributed by atoms with Gasteiger partial charge in [0, 0.05) is 31.9 Å². The lowest BCUT2D eigenvalue weighted by molar-refractivity contribution is 0.0599. The van der Waals surface area contributed by atoms with Gasteiger partial charge in [-0.15, -0.1) is 0 Å². The van der Waals surface area contributed by atoms with Gasteiger partial charge in [-0.05, 0) is 26.8 Å². The molecule has 136 valence electrons. The molecule has 2 heterocycles. The molecule has 0 bridgehead atoms. The molecule has 8 nitrogen and oxygen atoms in total. The van der Waals surface area contributed by atoms with E-state index < -0.39 is 5.97 Å². The van der Waals surface area contributed by atoms with E-state index in [9.17, 15) is 4.79 Å². The van der Waals surface area contributed by atoms with Crippen LogP contribution in [0.1, 0.15) is 38.8 Å². The topological polar surface area (TPSA) is 93.7 Å². The Morgan fingerprint density at radius 3 is 2.56 bits per heavy atom. The molecular weight excluding hydrogens is 322 g/mol. The summed E-state index contributed by atoms with van der Waals surface area (Å²) in [5.74, 6) is 1.40. The number of esters is 1. The standard InChI is InChI=1S/C17H25N5O3/c1-10-15(11(2)22(5)21-10)9-20-17(18-4)19-8-13-7-14(12(3)25-13)16(23)24-6/h7H,8-9H2,1-6H3,(H2,18,19,20). The Balaban J connectivity index is 1.96. The summed E-state index contributed by atoms with van der Waals surface area (Å²) in [4.78, 5) is 15.8. The van der Waals surface area contributed by atoms with E-state index >= 15 is 0 Å². The van der Waals surface area contributed by atoms with Crippen LogP contribution < -0.4 is 10.6 Å². The highest BCUT2D eigenvalue weighted by atomic mass is 16.5. The second-order valence-electron chi connectivity index (χ2n) is 5.73. The zero-order chi connectivity index (χ0) is 18.6. The fourth-order valence-corrected chi connectivity index (χ4v) is 2.58. The normalized spacial score (nSPS) is 11.5. The second kappa shape index (κ2) is 7.87. The zero-order valence-corrected chi connectivity index (χ0v) is 15.6. The van der Waals surface area contributed by atoms with Crippen molar-refractivity contribution in [3.8, 4) is 0 Å². The minimum Gasteiger partial charge on any atom is -0.465 e. The van der Waals surface area contributed by atoms with E-state index in [2.05, 4.69) is 20.7 Å². The molecule has 0 fully saturated rings. The first-order valence-corrected chi connectivity index (χ1v) is 7.98. The predicted molar refractivity (Wildman–Crippen MR) is 94.5 cm³/mol. The number of aromatic nitrogens is 2. The maximum atomic E-state index is 11.6. The first-order valence-electron chi connectivity index (χ1n) is 7.98. The van der Waals surface area contributed by atoms with Crippen LogP contribution in [0.2, 0.25) is 0 Å². The van der Waals surface area contributed by atoms with Crippen LogP contribution in [0.3, 0.4) is 0 Å². The van der Waals surface area contributed by atoms with Crippen LogP contribution >= 0.6 is 0 Å². The van der Waals surface area contributed by atoms with E-state index in [0.29, 0.717) is 36.1 Å². The van der Waals surface area contributed by atoms with Crippen molar-refractivity contribution in [2.45, 2.75) is 33.9 Å². The molecule has 25 heavy (non-hydrogen) atoms. The highest BCUT2D eigenvalue weighted by Crippen LogP contribution is 2.15. The number of ether oxygens (including phenoxy) is 1. The van der Waals surface area contributed by atoms with Crippen molar-refractivity contribution in [2.75, 3.05) is 14.2 Å². The Bertz CT molecular complexity index is 789. The van der Waals surface area contributed by atoms with Gasteiger partial charge >= 0.3 is 5.97 Å². The highest BCUT2D eigenvalue weighted by molar-refractivity contribution is 5.90. The molecule has 0 aliphatic carbocycles. The summed E-state index contributed by atoms with van der Waals surface area (Å²) in [5.41, 5.74) is 3.69. The van der Waals surface area contributed by atoms with Gasteiger partial charge in [-0.25, -0.2) is 4.79 Å². The van der Waals surface area contributed by atoms with Gasteiger partial charge in [0.2, 0.25) is 0 Å². The molecule has 0 aromatic carbocycles. The fraction of sp³-hybridized carbons (Fsp3) is 0.471. The second-order valence-corrected chi connectivity index (χ2v) is 5.73. The minimum absolute atomic E-state index is 0.405. The predicted octanol–water partition coefficient (Wildman–Crippen LogP) is 1.59. The SMILES string of the molecule is CN=C(NCc1cc(C(=O)OC)c(C)o1)NCc1c(C)nn(C)c1C. The van der Waals surface area contributed by atoms with E-state index in [0.717, 1.165) is 17.0 Å². The molecule has 2 aromatic rings. The van der Waals surface area contributed by atoms with Crippen LogP contribution in [0.15, 0.2) is 15.5 Å². The van der Waals surface area contributed by atoms with Gasteiger partial charge in [0.25, 0.3) is 0 Å². The van der Waals surface area contributed by atoms with Crippen molar-refractivity contribution in [3.63, 3.8) is 0 Å². The van der Waals surface area contributed by atoms with Gasteiger partial charge in [0.15, 0.2) is 5.96 Å². The number of hydrogen-bond donors (Lipinski definition) is 2. The minimum atomic E-state index is -0.405. The Kier molecular flexibility index (Phi) is 5.84. The number of hydrogen-bond acceptors (Lipinski definition) is 5. The average Bonchev–Trinajstić information content (AvgIpc) is 3.07. The van der Waals surface area contributed by atoms with Crippen molar-refractivity contribution in [3.05, 3.63) is 40.1 Å². The average molecular weight is 347 g/mol. The van der Waals surface area contributed by atoms with Gasteiger partial charge in [0.05, 0.1) is 19.3 Å². The summed E-state index contributed by atoms with van der Waals surface area (Å²) in [6, 6.07) is 1.68. The molecule has 2 rings (SSSR count). The van der Waals surface area contributed by atoms with Crippen molar-refractivity contribution in [2.24, 2.45) is 12.0 Å². The first kappa shape index (κ1) is 18.6. The Hall–Kier alpha value is -2.77. The molecule has 0 amide bonds. The van der Waals surface area contributed by atoms with E-state index in [-0.39, 0.29) is 0 Å². The third kappa shape index (κ3) is 4.20. The van der Waals surface area contributed by atoms with Crippen molar-refractivity contribution < 1.29 is 13.9 Å². The van der Waals surface area contributed by atoms with E-state index in [4.69, 9.17) is 9.15 Å². The van der Waals surface area contributed by atoms with Crippen molar-refractivity contribution in [1.82, 2.24) is 20.4 Å². The lowest BCUT2D eigenvalue weighted by Gasteiger charge is -2.11. The van der Waals surface area contributed by atoms with Crippen LogP contribution in [-0.2, 0) is 24.9 Å². The summed E-state index contributed by atoms with van der Waals surface area (Å²) < 4.78 is 12.2. The van der Waals surface area contributed by atoms with Crippen LogP contribution in [-0.4, -0.2) is 35.9 Å². The molecule has 2 N–H and O–H groups in total. The summed E-state index contributed by atoms with van der Waals surface area (Å²) in [7, 11) is 4.98. The summed E-state index contributed by atoms with van der Waals surface area (Å²) >= 11 is 0. The maximum absolute atomic E-state index is 11.6. The lowest BCUT2D eigenvalue weighted by atomic mass is 10.2. The van der Waals surface area contributed by atoms with Gasteiger partial charge < -0.3 is 19.8 Å². The summed E-state index contributed by atoms with van der Waals surface area (Å²) in [5, 5.41) is 10.8. The van der Waals surface area contributed by atoms with E-state index in [1.54, 1.807) is 20.0 Å². The van der Waals surface area contributed by atoms with Crippen molar-refractivity contribution >= 4 is 11.9 Å². The molecule has 0 atom stereocenters. The Morgan fingerprint density at radius 1 is 1.32 bits per heavy atom. The molecule has 2 aromatic heterocycles. The zero-order valence-electron chi connectivity index (χ0n) is 15.6. The third-order valence-corrected chi connectivity index (χ3v) is 4.12. The van der Waals surface area contributed by atoms with Crippen LogP contribution in [0.4, 0.5) is 0 Å². The number of carbonyl (C=O) groups excluding carboxylic acids is 1. The lowest BCUT2D eigenvalue weighted by Crippen LogP contribution is -2.36. The number of guanidine groups is 1. The number of methoxy groups -OCH3 is 1. The Labute approximate surface area is 147 Å². The number of aryl methyl sites for hydroxylation is 3. The quantitative estimate of drug-likeness (QED) is 0.485. The van der Waals surface area contributed by atoms with Crippen molar-refractivity contribution in [1.29, 1.82) is 0 Å². The summed E-state index contributed by atoms with van der Waals surface area (Å²) in [6.07, 6.45) is 0. The Morgan fingerprint density at radius 2 is 2.00 bits per heavy atom. The third-order valence-electron chi connectivity index (χ3n) is 4.12. The number of aliphatic imine (C=N–C) groups is 1. The molecule has 0 saturated heterocycles. The van der Waals surface area contributed by atoms with Gasteiger partial charge in [0.1, 0.15) is 17.1 Å². The molecule has 0 saturated carbocycles. The monoisotopic (exact) mass is 347 g/mol. The fourth-order valence-electron chi connectivity index (χ4n) is 2.58. The largest absolute Gasteiger partial charge is 0.465 e.